The van der Waals surface area contributed by atoms with E-state index in [4.69, 9.17) is 4.74 Å². The van der Waals surface area contributed by atoms with Crippen LogP contribution >= 0.6 is 0 Å². The molecule has 0 unspecified atom stereocenters. The molecule has 0 aliphatic carbocycles. The van der Waals surface area contributed by atoms with E-state index >= 15 is 0 Å². The molecule has 2 aromatic carbocycles. The number of ether oxygens (including phenoxy) is 1. The third-order valence-corrected chi connectivity index (χ3v) is 6.84. The number of aryl methyl sites for hydroxylation is 2. The Morgan fingerprint density at radius 2 is 1.68 bits per heavy atom. The molecule has 0 amide bonds. The summed E-state index contributed by atoms with van der Waals surface area (Å²) in [6.07, 6.45) is 3.29. The van der Waals surface area contributed by atoms with Crippen molar-refractivity contribution >= 4 is 22.3 Å². The summed E-state index contributed by atoms with van der Waals surface area (Å²) in [5.74, 6) is 0. The summed E-state index contributed by atoms with van der Waals surface area (Å²) in [4.78, 5) is 11.2. The zero-order chi connectivity index (χ0) is 21.2. The van der Waals surface area contributed by atoms with Crippen molar-refractivity contribution in [2.24, 2.45) is 0 Å². The first kappa shape index (κ1) is 20.4. The molecule has 1 N–H and O–H groups in total. The van der Waals surface area contributed by atoms with Crippen molar-refractivity contribution < 1.29 is 4.74 Å². The van der Waals surface area contributed by atoms with Gasteiger partial charge in [0.1, 0.15) is 0 Å². The molecule has 3 aromatic rings. The van der Waals surface area contributed by atoms with Gasteiger partial charge < -0.3 is 19.5 Å². The molecule has 2 aliphatic heterocycles. The Bertz CT molecular complexity index is 1030. The zero-order valence-corrected chi connectivity index (χ0v) is 18.9. The van der Waals surface area contributed by atoms with Crippen LogP contribution in [0.25, 0.3) is 10.9 Å². The Balaban J connectivity index is 1.25. The number of H-pyrrole nitrogens is 1. The largest absolute Gasteiger partial charge is 0.378 e. The van der Waals surface area contributed by atoms with Gasteiger partial charge in [-0.1, -0.05) is 24.3 Å². The van der Waals surface area contributed by atoms with Crippen LogP contribution in [0, 0.1) is 13.8 Å². The Morgan fingerprint density at radius 1 is 0.903 bits per heavy atom. The van der Waals surface area contributed by atoms with Crippen LogP contribution in [0.1, 0.15) is 16.7 Å². The Kier molecular flexibility index (Phi) is 5.88. The molecule has 2 saturated heterocycles. The molecule has 5 heteroatoms. The van der Waals surface area contributed by atoms with Gasteiger partial charge >= 0.3 is 0 Å². The molecule has 3 heterocycles. The summed E-state index contributed by atoms with van der Waals surface area (Å²) in [6, 6.07) is 13.3. The standard InChI is InChI=1S/C26H34N4O/c1-20-17-21(2)26(30-13-15-31-16-14-30)25(18-20)29-11-9-28(10-12-29)8-7-22-19-27-24-6-4-3-5-23(22)24/h3-6,17-19,27H,7-16H2,1-2H3. The number of para-hydroxylation sites is 1. The lowest BCUT2D eigenvalue weighted by atomic mass is 10.0. The van der Waals surface area contributed by atoms with Crippen LogP contribution < -0.4 is 9.80 Å². The summed E-state index contributed by atoms with van der Waals surface area (Å²) < 4.78 is 5.60. The van der Waals surface area contributed by atoms with Crippen LogP contribution in [0.4, 0.5) is 11.4 Å². The number of hydrogen-bond acceptors (Lipinski definition) is 4. The first-order valence-electron chi connectivity index (χ1n) is 11.7. The zero-order valence-electron chi connectivity index (χ0n) is 18.9. The molecule has 0 atom stereocenters. The summed E-state index contributed by atoms with van der Waals surface area (Å²) >= 11 is 0. The molecular weight excluding hydrogens is 384 g/mol. The Labute approximate surface area is 185 Å². The number of aromatic amines is 1. The molecule has 0 saturated carbocycles. The van der Waals surface area contributed by atoms with E-state index in [1.807, 2.05) is 0 Å². The van der Waals surface area contributed by atoms with Gasteiger partial charge in [-0.15, -0.1) is 0 Å². The quantitative estimate of drug-likeness (QED) is 0.680. The van der Waals surface area contributed by atoms with Crippen LogP contribution in [-0.4, -0.2) is 68.9 Å². The first-order valence-corrected chi connectivity index (χ1v) is 11.7. The normalized spacial score (nSPS) is 18.1. The third kappa shape index (κ3) is 4.30. The minimum absolute atomic E-state index is 0.828. The minimum Gasteiger partial charge on any atom is -0.378 e. The number of nitrogens with one attached hydrogen (secondary N) is 1. The molecule has 0 spiro atoms. The van der Waals surface area contributed by atoms with Gasteiger partial charge in [-0.05, 0) is 49.1 Å². The summed E-state index contributed by atoms with van der Waals surface area (Å²) in [7, 11) is 0. The molecule has 2 fully saturated rings. The second kappa shape index (κ2) is 8.93. The monoisotopic (exact) mass is 418 g/mol. The molecule has 0 radical (unpaired) electrons. The van der Waals surface area contributed by atoms with E-state index in [-0.39, 0.29) is 0 Å². The number of nitrogens with zero attached hydrogens (tertiary/aromatic N) is 3. The number of aromatic nitrogens is 1. The maximum absolute atomic E-state index is 5.60. The Hall–Kier alpha value is -2.50. The maximum Gasteiger partial charge on any atom is 0.0642 e. The fourth-order valence-corrected chi connectivity index (χ4v) is 5.21. The SMILES string of the molecule is Cc1cc(C)c(N2CCOCC2)c(N2CCN(CCc3c[nH]c4ccccc34)CC2)c1. The predicted octanol–water partition coefficient (Wildman–Crippen LogP) is 3.99. The molecule has 0 bridgehead atoms. The second-order valence-corrected chi connectivity index (χ2v) is 8.99. The van der Waals surface area contributed by atoms with Gasteiger partial charge in [0.25, 0.3) is 0 Å². The maximum atomic E-state index is 5.60. The van der Waals surface area contributed by atoms with Crippen LogP contribution in [0.3, 0.4) is 0 Å². The van der Waals surface area contributed by atoms with Gasteiger partial charge in [0, 0.05) is 62.9 Å². The predicted molar refractivity (Wildman–Crippen MR) is 130 cm³/mol. The number of anilines is 2. The van der Waals surface area contributed by atoms with Crippen molar-refractivity contribution in [2.75, 3.05) is 68.8 Å². The van der Waals surface area contributed by atoms with Crippen molar-refractivity contribution in [3.63, 3.8) is 0 Å². The van der Waals surface area contributed by atoms with Gasteiger partial charge in [0.05, 0.1) is 24.6 Å². The lowest BCUT2D eigenvalue weighted by molar-refractivity contribution is 0.122. The van der Waals surface area contributed by atoms with Crippen molar-refractivity contribution in [2.45, 2.75) is 20.3 Å². The average molecular weight is 419 g/mol. The number of morpholine rings is 1. The first-order chi connectivity index (χ1) is 15.2. The van der Waals surface area contributed by atoms with Gasteiger partial charge in [0.2, 0.25) is 0 Å². The summed E-state index contributed by atoms with van der Waals surface area (Å²) in [5.41, 5.74) is 8.25. The molecule has 31 heavy (non-hydrogen) atoms. The minimum atomic E-state index is 0.828. The van der Waals surface area contributed by atoms with E-state index < -0.39 is 0 Å². The van der Waals surface area contributed by atoms with Crippen LogP contribution in [-0.2, 0) is 11.2 Å². The highest BCUT2D eigenvalue weighted by Gasteiger charge is 2.24. The average Bonchev–Trinajstić information content (AvgIpc) is 3.21. The van der Waals surface area contributed by atoms with E-state index in [1.54, 1.807) is 0 Å². The van der Waals surface area contributed by atoms with Crippen molar-refractivity contribution in [3.05, 3.63) is 59.3 Å². The lowest BCUT2D eigenvalue weighted by Gasteiger charge is -2.40. The fraction of sp³-hybridized carbons (Fsp3) is 0.462. The highest BCUT2D eigenvalue weighted by Crippen LogP contribution is 2.35. The number of benzene rings is 2. The van der Waals surface area contributed by atoms with E-state index in [2.05, 4.69) is 76.1 Å². The molecule has 5 nitrogen and oxygen atoms in total. The van der Waals surface area contributed by atoms with Gasteiger partial charge in [-0.25, -0.2) is 0 Å². The van der Waals surface area contributed by atoms with E-state index in [0.717, 1.165) is 65.4 Å². The van der Waals surface area contributed by atoms with Crippen molar-refractivity contribution in [3.8, 4) is 0 Å². The fourth-order valence-electron chi connectivity index (χ4n) is 5.21. The highest BCUT2D eigenvalue weighted by atomic mass is 16.5. The van der Waals surface area contributed by atoms with Gasteiger partial charge in [0.15, 0.2) is 0 Å². The molecule has 1 aromatic heterocycles. The van der Waals surface area contributed by atoms with Crippen molar-refractivity contribution in [1.82, 2.24) is 9.88 Å². The van der Waals surface area contributed by atoms with Crippen molar-refractivity contribution in [1.29, 1.82) is 0 Å². The van der Waals surface area contributed by atoms with Crippen LogP contribution in [0.2, 0.25) is 0 Å². The molecule has 2 aliphatic rings. The smallest absolute Gasteiger partial charge is 0.0642 e. The van der Waals surface area contributed by atoms with Crippen LogP contribution in [0.15, 0.2) is 42.6 Å². The number of piperazine rings is 1. The molecule has 5 rings (SSSR count). The highest BCUT2D eigenvalue weighted by molar-refractivity contribution is 5.83. The van der Waals surface area contributed by atoms with Gasteiger partial charge in [-0.3, -0.25) is 4.90 Å². The summed E-state index contributed by atoms with van der Waals surface area (Å²) in [6.45, 7) is 13.7. The number of fused-ring (bicyclic) bond motifs is 1. The van der Waals surface area contributed by atoms with Gasteiger partial charge in [-0.2, -0.15) is 0 Å². The second-order valence-electron chi connectivity index (χ2n) is 8.99. The number of rotatable bonds is 5. The van der Waals surface area contributed by atoms with E-state index in [0.29, 0.717) is 0 Å². The topological polar surface area (TPSA) is 34.7 Å². The third-order valence-electron chi connectivity index (χ3n) is 6.84. The van der Waals surface area contributed by atoms with E-state index in [9.17, 15) is 0 Å². The van der Waals surface area contributed by atoms with E-state index in [1.165, 1.54) is 39.0 Å². The summed E-state index contributed by atoms with van der Waals surface area (Å²) in [5, 5.41) is 1.37. The van der Waals surface area contributed by atoms with Crippen LogP contribution in [0.5, 0.6) is 0 Å². The lowest BCUT2D eigenvalue weighted by Crippen LogP contribution is -2.47. The molecular formula is C26H34N4O. The number of hydrogen-bond donors (Lipinski definition) is 1. The molecule has 164 valence electrons. The Morgan fingerprint density at radius 3 is 2.48 bits per heavy atom.